The summed E-state index contributed by atoms with van der Waals surface area (Å²) in [6.07, 6.45) is 3.91. The van der Waals surface area contributed by atoms with E-state index in [1.54, 1.807) is 29.2 Å². The first-order valence-electron chi connectivity index (χ1n) is 10.4. The average Bonchev–Trinajstić information content (AvgIpc) is 3.33. The van der Waals surface area contributed by atoms with Crippen LogP contribution in [0.4, 0.5) is 10.8 Å². The molecule has 2 fully saturated rings. The van der Waals surface area contributed by atoms with Gasteiger partial charge >= 0.3 is 0 Å². The van der Waals surface area contributed by atoms with Gasteiger partial charge in [0.25, 0.3) is 5.91 Å². The Morgan fingerprint density at radius 3 is 2.60 bits per heavy atom. The standard InChI is InChI=1S/C23H23N3O3S/c27-21(15-7-8-15)24-17-11-9-16(10-12-17)22(28)26(14-18-4-3-13-29-18)23-25-19-5-1-2-6-20(19)30-23/h1-2,5-6,9-12,15,18H,3-4,7-8,13-14H2,(H,24,27). The molecule has 154 valence electrons. The number of thiazole rings is 1. The fraction of sp³-hybridized carbons (Fsp3) is 0.348. The van der Waals surface area contributed by atoms with Gasteiger partial charge in [0.2, 0.25) is 5.91 Å². The quantitative estimate of drug-likeness (QED) is 0.637. The molecular weight excluding hydrogens is 398 g/mol. The zero-order chi connectivity index (χ0) is 20.5. The lowest BCUT2D eigenvalue weighted by molar-refractivity contribution is -0.117. The second kappa shape index (κ2) is 8.16. The van der Waals surface area contributed by atoms with Crippen LogP contribution in [0.2, 0.25) is 0 Å². The summed E-state index contributed by atoms with van der Waals surface area (Å²) in [5.41, 5.74) is 2.17. The number of benzene rings is 2. The minimum absolute atomic E-state index is 0.0260. The van der Waals surface area contributed by atoms with Gasteiger partial charge in [0.15, 0.2) is 5.13 Å². The zero-order valence-electron chi connectivity index (χ0n) is 16.5. The highest BCUT2D eigenvalue weighted by Gasteiger charge is 2.30. The van der Waals surface area contributed by atoms with E-state index in [1.165, 1.54) is 11.3 Å². The summed E-state index contributed by atoms with van der Waals surface area (Å²) in [7, 11) is 0. The van der Waals surface area contributed by atoms with Gasteiger partial charge in [-0.25, -0.2) is 4.98 Å². The van der Waals surface area contributed by atoms with E-state index >= 15 is 0 Å². The van der Waals surface area contributed by atoms with E-state index in [0.717, 1.165) is 42.5 Å². The number of aromatic nitrogens is 1. The van der Waals surface area contributed by atoms with Crippen molar-refractivity contribution in [3.05, 3.63) is 54.1 Å². The van der Waals surface area contributed by atoms with Crippen molar-refractivity contribution in [2.75, 3.05) is 23.4 Å². The fourth-order valence-corrected chi connectivity index (χ4v) is 4.63. The Morgan fingerprint density at radius 1 is 1.10 bits per heavy atom. The van der Waals surface area contributed by atoms with Gasteiger partial charge in [-0.3, -0.25) is 14.5 Å². The van der Waals surface area contributed by atoms with Crippen molar-refractivity contribution in [1.29, 1.82) is 0 Å². The molecule has 1 aromatic heterocycles. The average molecular weight is 422 g/mol. The number of fused-ring (bicyclic) bond motifs is 1. The molecule has 1 saturated heterocycles. The topological polar surface area (TPSA) is 71.5 Å². The van der Waals surface area contributed by atoms with Crippen LogP contribution in [0.5, 0.6) is 0 Å². The van der Waals surface area contributed by atoms with Gasteiger partial charge in [0, 0.05) is 23.8 Å². The first kappa shape index (κ1) is 19.2. The van der Waals surface area contributed by atoms with Gasteiger partial charge in [-0.1, -0.05) is 23.5 Å². The molecule has 0 bridgehead atoms. The predicted octanol–water partition coefficient (Wildman–Crippen LogP) is 4.47. The number of para-hydroxylation sites is 1. The molecular formula is C23H23N3O3S. The number of anilines is 2. The van der Waals surface area contributed by atoms with E-state index in [4.69, 9.17) is 9.72 Å². The molecule has 1 N–H and O–H groups in total. The Bertz CT molecular complexity index is 1040. The Balaban J connectivity index is 1.39. The number of carbonyl (C=O) groups is 2. The maximum Gasteiger partial charge on any atom is 0.260 e. The second-order valence-corrected chi connectivity index (χ2v) is 8.86. The molecule has 6 nitrogen and oxygen atoms in total. The van der Waals surface area contributed by atoms with E-state index in [-0.39, 0.29) is 23.8 Å². The third-order valence-electron chi connectivity index (χ3n) is 5.52. The van der Waals surface area contributed by atoms with Crippen LogP contribution >= 0.6 is 11.3 Å². The first-order chi connectivity index (χ1) is 14.7. The summed E-state index contributed by atoms with van der Waals surface area (Å²) < 4.78 is 6.84. The van der Waals surface area contributed by atoms with E-state index < -0.39 is 0 Å². The highest BCUT2D eigenvalue weighted by Crippen LogP contribution is 2.32. The summed E-state index contributed by atoms with van der Waals surface area (Å²) in [5, 5.41) is 3.60. The largest absolute Gasteiger partial charge is 0.376 e. The molecule has 0 spiro atoms. The van der Waals surface area contributed by atoms with Crippen molar-refractivity contribution in [2.24, 2.45) is 5.92 Å². The molecule has 2 heterocycles. The lowest BCUT2D eigenvalue weighted by Gasteiger charge is -2.23. The summed E-state index contributed by atoms with van der Waals surface area (Å²) in [5.74, 6) is 0.0976. The Labute approximate surface area is 178 Å². The summed E-state index contributed by atoms with van der Waals surface area (Å²) in [4.78, 5) is 31.8. The van der Waals surface area contributed by atoms with Gasteiger partial charge in [0.05, 0.1) is 22.9 Å². The van der Waals surface area contributed by atoms with Crippen molar-refractivity contribution in [2.45, 2.75) is 31.8 Å². The van der Waals surface area contributed by atoms with Crippen LogP contribution in [0.3, 0.4) is 0 Å². The summed E-state index contributed by atoms with van der Waals surface area (Å²) in [6.45, 7) is 1.22. The van der Waals surface area contributed by atoms with Crippen molar-refractivity contribution in [1.82, 2.24) is 4.98 Å². The van der Waals surface area contributed by atoms with Crippen LogP contribution in [0.15, 0.2) is 48.5 Å². The second-order valence-electron chi connectivity index (χ2n) is 7.86. The molecule has 1 atom stereocenters. The van der Waals surface area contributed by atoms with E-state index in [0.29, 0.717) is 22.9 Å². The lowest BCUT2D eigenvalue weighted by atomic mass is 10.1. The number of hydrogen-bond donors (Lipinski definition) is 1. The van der Waals surface area contributed by atoms with Crippen molar-refractivity contribution in [3.63, 3.8) is 0 Å². The highest BCUT2D eigenvalue weighted by molar-refractivity contribution is 7.22. The van der Waals surface area contributed by atoms with Crippen LogP contribution in [-0.4, -0.2) is 36.1 Å². The zero-order valence-corrected chi connectivity index (χ0v) is 17.4. The van der Waals surface area contributed by atoms with Gasteiger partial charge in [0.1, 0.15) is 0 Å². The van der Waals surface area contributed by atoms with Gasteiger partial charge in [-0.2, -0.15) is 0 Å². The molecule has 1 unspecified atom stereocenters. The lowest BCUT2D eigenvalue weighted by Crippen LogP contribution is -2.37. The normalized spacial score (nSPS) is 18.5. The van der Waals surface area contributed by atoms with Crippen molar-refractivity contribution in [3.8, 4) is 0 Å². The molecule has 5 rings (SSSR count). The molecule has 7 heteroatoms. The van der Waals surface area contributed by atoms with E-state index in [9.17, 15) is 9.59 Å². The third kappa shape index (κ3) is 4.08. The van der Waals surface area contributed by atoms with Crippen LogP contribution in [-0.2, 0) is 9.53 Å². The molecule has 30 heavy (non-hydrogen) atoms. The molecule has 2 aliphatic rings. The Kier molecular flexibility index (Phi) is 5.23. The van der Waals surface area contributed by atoms with Crippen LogP contribution < -0.4 is 10.2 Å². The Hall–Kier alpha value is -2.77. The summed E-state index contributed by atoms with van der Waals surface area (Å²) >= 11 is 1.51. The third-order valence-corrected chi connectivity index (χ3v) is 6.58. The highest BCUT2D eigenvalue weighted by atomic mass is 32.1. The van der Waals surface area contributed by atoms with Gasteiger partial charge in [-0.15, -0.1) is 0 Å². The number of rotatable bonds is 6. The molecule has 1 aliphatic carbocycles. The fourth-order valence-electron chi connectivity index (χ4n) is 3.66. The van der Waals surface area contributed by atoms with Gasteiger partial charge in [-0.05, 0) is 62.1 Å². The van der Waals surface area contributed by atoms with Crippen LogP contribution in [0, 0.1) is 5.92 Å². The predicted molar refractivity (Wildman–Crippen MR) is 118 cm³/mol. The maximum absolute atomic E-state index is 13.4. The molecule has 2 aromatic carbocycles. The SMILES string of the molecule is O=C(Nc1ccc(C(=O)N(CC2CCCO2)c2nc3ccccc3s2)cc1)C1CC1. The number of carbonyl (C=O) groups excluding carboxylic acids is 2. The van der Waals surface area contributed by atoms with E-state index in [1.807, 2.05) is 24.3 Å². The maximum atomic E-state index is 13.4. The minimum Gasteiger partial charge on any atom is -0.376 e. The molecule has 0 radical (unpaired) electrons. The van der Waals surface area contributed by atoms with E-state index in [2.05, 4.69) is 5.32 Å². The molecule has 2 amide bonds. The smallest absolute Gasteiger partial charge is 0.260 e. The molecule has 1 aliphatic heterocycles. The number of nitrogens with one attached hydrogen (secondary N) is 1. The van der Waals surface area contributed by atoms with Crippen molar-refractivity contribution >= 4 is 44.2 Å². The van der Waals surface area contributed by atoms with Crippen LogP contribution in [0.25, 0.3) is 10.2 Å². The Morgan fingerprint density at radius 2 is 1.90 bits per heavy atom. The number of nitrogens with zero attached hydrogens (tertiary/aromatic N) is 2. The minimum atomic E-state index is -0.107. The molecule has 1 saturated carbocycles. The number of amides is 2. The number of hydrogen-bond acceptors (Lipinski definition) is 5. The van der Waals surface area contributed by atoms with Crippen LogP contribution in [0.1, 0.15) is 36.0 Å². The molecule has 3 aromatic rings. The van der Waals surface area contributed by atoms with Crippen molar-refractivity contribution < 1.29 is 14.3 Å². The monoisotopic (exact) mass is 421 g/mol. The summed E-state index contributed by atoms with van der Waals surface area (Å²) in [6, 6.07) is 15.0. The number of ether oxygens (including phenoxy) is 1. The first-order valence-corrected chi connectivity index (χ1v) is 11.2. The van der Waals surface area contributed by atoms with Gasteiger partial charge < -0.3 is 10.1 Å².